The van der Waals surface area contributed by atoms with Crippen molar-refractivity contribution in [1.29, 1.82) is 0 Å². The molecule has 0 N–H and O–H groups in total. The van der Waals surface area contributed by atoms with Crippen LogP contribution in [-0.2, 0) is 22.7 Å². The third-order valence-corrected chi connectivity index (χ3v) is 3.73. The van der Waals surface area contributed by atoms with Crippen molar-refractivity contribution in [3.63, 3.8) is 0 Å². The van der Waals surface area contributed by atoms with Crippen LogP contribution in [0.1, 0.15) is 5.56 Å². The van der Waals surface area contributed by atoms with Crippen LogP contribution in [0.3, 0.4) is 0 Å². The van der Waals surface area contributed by atoms with E-state index in [1.54, 1.807) is 20.7 Å². The van der Waals surface area contributed by atoms with E-state index in [1.165, 1.54) is 11.0 Å². The van der Waals surface area contributed by atoms with Crippen LogP contribution < -0.4 is 0 Å². The molecule has 0 aromatic carbocycles. The molecule has 2 amide bonds. The van der Waals surface area contributed by atoms with Crippen molar-refractivity contribution in [2.75, 3.05) is 26.2 Å². The van der Waals surface area contributed by atoms with Crippen LogP contribution in [0.2, 0.25) is 0 Å². The Balaban J connectivity index is 1.47. The largest absolute Gasteiger partial charge is 0.338 e. The van der Waals surface area contributed by atoms with Gasteiger partial charge in [0.25, 0.3) is 0 Å². The highest BCUT2D eigenvalue weighted by Crippen LogP contribution is 2.05. The van der Waals surface area contributed by atoms with Crippen molar-refractivity contribution in [2.45, 2.75) is 20.0 Å². The highest BCUT2D eigenvalue weighted by molar-refractivity contribution is 5.78. The molecule has 122 valence electrons. The number of piperazine rings is 1. The summed E-state index contributed by atoms with van der Waals surface area (Å²) in [6.45, 7) is 4.37. The first kappa shape index (κ1) is 15.1. The molecule has 10 nitrogen and oxygen atoms in total. The van der Waals surface area contributed by atoms with Crippen LogP contribution in [0.5, 0.6) is 0 Å². The summed E-state index contributed by atoms with van der Waals surface area (Å²) in [4.78, 5) is 27.9. The van der Waals surface area contributed by atoms with E-state index in [0.717, 1.165) is 5.56 Å². The molecule has 0 saturated carbocycles. The van der Waals surface area contributed by atoms with Gasteiger partial charge < -0.3 is 9.80 Å². The van der Waals surface area contributed by atoms with Gasteiger partial charge in [0, 0.05) is 32.4 Å². The highest BCUT2D eigenvalue weighted by atomic mass is 16.2. The second-order valence-corrected chi connectivity index (χ2v) is 5.48. The lowest BCUT2D eigenvalue weighted by Gasteiger charge is -2.34. The van der Waals surface area contributed by atoms with Crippen LogP contribution in [-0.4, -0.2) is 77.8 Å². The second kappa shape index (κ2) is 6.55. The van der Waals surface area contributed by atoms with E-state index in [4.69, 9.17) is 0 Å². The quantitative estimate of drug-likeness (QED) is 0.683. The lowest BCUT2D eigenvalue weighted by atomic mass is 10.3. The third kappa shape index (κ3) is 3.71. The fourth-order valence-corrected chi connectivity index (χ4v) is 2.49. The summed E-state index contributed by atoms with van der Waals surface area (Å²) < 4.78 is 3.02. The Morgan fingerprint density at radius 2 is 1.65 bits per heavy atom. The molecule has 0 bridgehead atoms. The maximum atomic E-state index is 12.2. The van der Waals surface area contributed by atoms with Crippen LogP contribution in [0, 0.1) is 6.92 Å². The molecule has 1 aliphatic heterocycles. The van der Waals surface area contributed by atoms with Crippen molar-refractivity contribution in [3.05, 3.63) is 24.3 Å². The van der Waals surface area contributed by atoms with E-state index in [0.29, 0.717) is 26.2 Å². The van der Waals surface area contributed by atoms with E-state index in [9.17, 15) is 9.59 Å². The number of hydrogen-bond acceptors (Lipinski definition) is 6. The van der Waals surface area contributed by atoms with Gasteiger partial charge in [-0.05, 0) is 22.9 Å². The summed E-state index contributed by atoms with van der Waals surface area (Å²) in [5, 5.41) is 14.8. The van der Waals surface area contributed by atoms with E-state index in [2.05, 4.69) is 20.6 Å². The van der Waals surface area contributed by atoms with Gasteiger partial charge in [-0.25, -0.2) is 4.68 Å². The molecule has 0 unspecified atom stereocenters. The molecule has 1 saturated heterocycles. The average molecular weight is 318 g/mol. The minimum atomic E-state index is -0.0490. The summed E-state index contributed by atoms with van der Waals surface area (Å²) in [5.74, 6) is -0.0345. The number of hydrogen-bond donors (Lipinski definition) is 0. The topological polar surface area (TPSA) is 102 Å². The average Bonchev–Trinajstić information content (AvgIpc) is 3.19. The van der Waals surface area contributed by atoms with Gasteiger partial charge in [-0.1, -0.05) is 0 Å². The smallest absolute Gasteiger partial charge is 0.244 e. The van der Waals surface area contributed by atoms with E-state index < -0.39 is 0 Å². The van der Waals surface area contributed by atoms with Crippen molar-refractivity contribution in [1.82, 2.24) is 39.8 Å². The molecule has 2 aromatic heterocycles. The fraction of sp³-hybridized carbons (Fsp3) is 0.538. The van der Waals surface area contributed by atoms with E-state index in [-0.39, 0.29) is 24.9 Å². The normalized spacial score (nSPS) is 15.0. The van der Waals surface area contributed by atoms with Crippen LogP contribution >= 0.6 is 0 Å². The Morgan fingerprint density at radius 3 is 2.13 bits per heavy atom. The molecule has 1 fully saturated rings. The molecule has 0 spiro atoms. The number of nitrogens with zero attached hydrogens (tertiary/aromatic N) is 8. The Hall–Kier alpha value is -2.78. The van der Waals surface area contributed by atoms with Crippen molar-refractivity contribution < 1.29 is 9.59 Å². The SMILES string of the molecule is Cc1cnn(CC(=O)N2CCN(C(=O)Cn3cnnn3)CC2)c1. The van der Waals surface area contributed by atoms with Gasteiger partial charge >= 0.3 is 0 Å². The molecule has 0 aliphatic carbocycles. The molecule has 10 heteroatoms. The summed E-state index contributed by atoms with van der Waals surface area (Å²) >= 11 is 0. The zero-order valence-electron chi connectivity index (χ0n) is 12.9. The predicted molar refractivity (Wildman–Crippen MR) is 77.9 cm³/mol. The fourth-order valence-electron chi connectivity index (χ4n) is 2.49. The van der Waals surface area contributed by atoms with Gasteiger partial charge in [-0.15, -0.1) is 5.10 Å². The van der Waals surface area contributed by atoms with Gasteiger partial charge in [0.1, 0.15) is 19.4 Å². The molecule has 3 rings (SSSR count). The van der Waals surface area contributed by atoms with Crippen molar-refractivity contribution >= 4 is 11.8 Å². The Labute approximate surface area is 132 Å². The Bertz CT molecular complexity index is 672. The number of aromatic nitrogens is 6. The zero-order valence-corrected chi connectivity index (χ0v) is 12.9. The molecule has 0 atom stereocenters. The van der Waals surface area contributed by atoms with E-state index >= 15 is 0 Å². The van der Waals surface area contributed by atoms with Gasteiger partial charge in [-0.2, -0.15) is 5.10 Å². The molecule has 1 aliphatic rings. The summed E-state index contributed by atoms with van der Waals surface area (Å²) in [6, 6.07) is 0. The minimum absolute atomic E-state index is 0.0145. The first-order valence-electron chi connectivity index (χ1n) is 7.37. The summed E-state index contributed by atoms with van der Waals surface area (Å²) in [7, 11) is 0. The van der Waals surface area contributed by atoms with Gasteiger partial charge in [0.2, 0.25) is 11.8 Å². The van der Waals surface area contributed by atoms with Gasteiger partial charge in [0.05, 0.1) is 6.20 Å². The Morgan fingerprint density at radius 1 is 1.04 bits per heavy atom. The van der Waals surface area contributed by atoms with Crippen LogP contribution in [0.15, 0.2) is 18.7 Å². The lowest BCUT2D eigenvalue weighted by molar-refractivity contribution is -0.140. The van der Waals surface area contributed by atoms with Crippen molar-refractivity contribution in [2.24, 2.45) is 0 Å². The molecule has 2 aromatic rings. The second-order valence-electron chi connectivity index (χ2n) is 5.48. The predicted octanol–water partition coefficient (Wildman–Crippen LogP) is -1.45. The molecule has 0 radical (unpaired) electrons. The zero-order chi connectivity index (χ0) is 16.2. The maximum absolute atomic E-state index is 12.2. The monoisotopic (exact) mass is 318 g/mol. The summed E-state index contributed by atoms with van der Waals surface area (Å²) in [5.41, 5.74) is 1.02. The van der Waals surface area contributed by atoms with Gasteiger partial charge in [0.15, 0.2) is 0 Å². The van der Waals surface area contributed by atoms with Crippen LogP contribution in [0.4, 0.5) is 0 Å². The highest BCUT2D eigenvalue weighted by Gasteiger charge is 2.24. The standard InChI is InChI=1S/C13H18N8O2/c1-11-6-15-20(7-11)8-12(22)18-2-4-19(5-3-18)13(23)9-21-10-14-16-17-21/h6-7,10H,2-5,8-9H2,1H3. The lowest BCUT2D eigenvalue weighted by Crippen LogP contribution is -2.52. The number of tetrazole rings is 1. The first-order chi connectivity index (χ1) is 11.1. The molecule has 23 heavy (non-hydrogen) atoms. The first-order valence-corrected chi connectivity index (χ1v) is 7.37. The number of carbonyl (C=O) groups excluding carboxylic acids is 2. The molecular formula is C13H18N8O2. The maximum Gasteiger partial charge on any atom is 0.244 e. The Kier molecular flexibility index (Phi) is 4.31. The van der Waals surface area contributed by atoms with Crippen LogP contribution in [0.25, 0.3) is 0 Å². The molecule has 3 heterocycles. The number of carbonyl (C=O) groups is 2. The third-order valence-electron chi connectivity index (χ3n) is 3.73. The minimum Gasteiger partial charge on any atom is -0.338 e. The number of rotatable bonds is 4. The molecular weight excluding hydrogens is 300 g/mol. The summed E-state index contributed by atoms with van der Waals surface area (Å²) in [6.07, 6.45) is 4.97. The van der Waals surface area contributed by atoms with E-state index in [1.807, 2.05) is 13.1 Å². The van der Waals surface area contributed by atoms with Crippen molar-refractivity contribution in [3.8, 4) is 0 Å². The number of amides is 2. The van der Waals surface area contributed by atoms with Gasteiger partial charge in [-0.3, -0.25) is 14.3 Å². The number of aryl methyl sites for hydroxylation is 1.